The van der Waals surface area contributed by atoms with E-state index >= 15 is 0 Å². The summed E-state index contributed by atoms with van der Waals surface area (Å²) in [5, 5.41) is 0. The van der Waals surface area contributed by atoms with Crippen LogP contribution in [-0.2, 0) is 19.6 Å². The van der Waals surface area contributed by atoms with E-state index in [-0.39, 0.29) is 6.61 Å². The van der Waals surface area contributed by atoms with E-state index in [0.717, 1.165) is 19.3 Å². The van der Waals surface area contributed by atoms with Gasteiger partial charge in [-0.05, 0) is 6.42 Å². The van der Waals surface area contributed by atoms with Crippen LogP contribution >= 0.6 is 0 Å². The highest BCUT2D eigenvalue weighted by atomic mass is 32.3. The van der Waals surface area contributed by atoms with Gasteiger partial charge in [-0.2, -0.15) is 8.42 Å². The molecule has 0 aliphatic heterocycles. The van der Waals surface area contributed by atoms with E-state index in [1.54, 1.807) is 0 Å². The van der Waals surface area contributed by atoms with Crippen molar-refractivity contribution in [1.29, 1.82) is 0 Å². The zero-order valence-electron chi connectivity index (χ0n) is 14.1. The van der Waals surface area contributed by atoms with Crippen molar-refractivity contribution in [2.45, 2.75) is 96.8 Å². The van der Waals surface area contributed by atoms with Gasteiger partial charge in [0.2, 0.25) is 0 Å². The molecule has 0 saturated carbocycles. The van der Waals surface area contributed by atoms with E-state index in [0.29, 0.717) is 0 Å². The molecule has 0 radical (unpaired) electrons. The third-order valence-electron chi connectivity index (χ3n) is 3.72. The highest BCUT2D eigenvalue weighted by Crippen LogP contribution is 2.12. The lowest BCUT2D eigenvalue weighted by atomic mass is 10.0. The summed E-state index contributed by atoms with van der Waals surface area (Å²) in [5.41, 5.74) is 0. The van der Waals surface area contributed by atoms with E-state index in [1.165, 1.54) is 70.6 Å². The molecule has 0 spiro atoms. The fraction of sp³-hybridized carbons (Fsp3) is 1.00. The lowest BCUT2D eigenvalue weighted by Gasteiger charge is -2.03. The molecule has 0 aliphatic carbocycles. The zero-order chi connectivity index (χ0) is 16.5. The summed E-state index contributed by atoms with van der Waals surface area (Å²) in [7, 11) is -4.47. The van der Waals surface area contributed by atoms with Crippen molar-refractivity contribution in [2.75, 3.05) is 6.61 Å². The second kappa shape index (κ2) is 15.7. The van der Waals surface area contributed by atoms with Crippen molar-refractivity contribution in [3.63, 3.8) is 0 Å². The van der Waals surface area contributed by atoms with Crippen LogP contribution in [0.5, 0.6) is 0 Å². The number of rotatable bonds is 17. The maximum Gasteiger partial charge on any atom is 0.424 e. The fourth-order valence-electron chi connectivity index (χ4n) is 2.45. The second-order valence-corrected chi connectivity index (χ2v) is 6.91. The molecule has 0 aromatic heterocycles. The third kappa shape index (κ3) is 19.8. The first-order valence-electron chi connectivity index (χ1n) is 8.85. The van der Waals surface area contributed by atoms with Gasteiger partial charge in [-0.1, -0.05) is 94.7 Å². The quantitative estimate of drug-likeness (QED) is 0.170. The van der Waals surface area contributed by atoms with Gasteiger partial charge in [-0.25, -0.2) is 4.89 Å². The van der Waals surface area contributed by atoms with Crippen LogP contribution in [0.15, 0.2) is 0 Å². The molecule has 0 heterocycles. The summed E-state index contributed by atoms with van der Waals surface area (Å²) >= 11 is 0. The topological polar surface area (TPSA) is 72.8 Å². The highest BCUT2D eigenvalue weighted by Gasteiger charge is 2.04. The Labute approximate surface area is 136 Å². The number of hydrogen-bond acceptors (Lipinski definition) is 4. The standard InChI is InChI=1S/C16H34O5S/c1-2-3-4-5-6-7-8-9-10-11-12-13-14-15-16-20-21-22(17,18)19/h2-16H2,1H3,(H,17,18,19). The first-order valence-corrected chi connectivity index (χ1v) is 10.2. The summed E-state index contributed by atoms with van der Waals surface area (Å²) in [6.07, 6.45) is 17.7. The molecule has 5 nitrogen and oxygen atoms in total. The van der Waals surface area contributed by atoms with Crippen molar-refractivity contribution in [2.24, 2.45) is 0 Å². The van der Waals surface area contributed by atoms with E-state index < -0.39 is 10.4 Å². The fourth-order valence-corrected chi connectivity index (χ4v) is 2.64. The molecule has 0 unspecified atom stereocenters. The average molecular weight is 339 g/mol. The van der Waals surface area contributed by atoms with Crippen molar-refractivity contribution in [3.8, 4) is 0 Å². The van der Waals surface area contributed by atoms with Gasteiger partial charge in [0.05, 0.1) is 6.61 Å². The Kier molecular flexibility index (Phi) is 15.6. The average Bonchev–Trinajstić information content (AvgIpc) is 2.45. The van der Waals surface area contributed by atoms with Crippen LogP contribution in [-0.4, -0.2) is 19.6 Å². The third-order valence-corrected chi connectivity index (χ3v) is 3.98. The van der Waals surface area contributed by atoms with Crippen molar-refractivity contribution >= 4 is 10.4 Å². The van der Waals surface area contributed by atoms with E-state index in [9.17, 15) is 8.42 Å². The number of hydrogen-bond donors (Lipinski definition) is 1. The number of unbranched alkanes of at least 4 members (excludes halogenated alkanes) is 13. The van der Waals surface area contributed by atoms with Crippen LogP contribution in [0.2, 0.25) is 0 Å². The van der Waals surface area contributed by atoms with E-state index in [4.69, 9.17) is 4.55 Å². The Hall–Kier alpha value is -0.170. The zero-order valence-corrected chi connectivity index (χ0v) is 14.9. The molecular formula is C16H34O5S. The molecule has 22 heavy (non-hydrogen) atoms. The second-order valence-electron chi connectivity index (χ2n) is 5.91. The van der Waals surface area contributed by atoms with Crippen molar-refractivity contribution < 1.29 is 22.2 Å². The molecule has 0 atom stereocenters. The predicted octanol–water partition coefficient (Wildman–Crippen LogP) is 5.22. The molecule has 1 N–H and O–H groups in total. The Morgan fingerprint density at radius 2 is 1.05 bits per heavy atom. The molecule has 0 aromatic rings. The maximum absolute atomic E-state index is 10.2. The smallest absolute Gasteiger partial charge is 0.262 e. The predicted molar refractivity (Wildman–Crippen MR) is 88.9 cm³/mol. The summed E-state index contributed by atoms with van der Waals surface area (Å²) in [4.78, 5) is 4.37. The van der Waals surface area contributed by atoms with Crippen LogP contribution in [0, 0.1) is 0 Å². The largest absolute Gasteiger partial charge is 0.424 e. The molecular weight excluding hydrogens is 304 g/mol. The van der Waals surface area contributed by atoms with Gasteiger partial charge in [-0.3, -0.25) is 4.55 Å². The Bertz CT molecular complexity index is 316. The minimum Gasteiger partial charge on any atom is -0.262 e. The van der Waals surface area contributed by atoms with E-state index in [1.807, 2.05) is 0 Å². The summed E-state index contributed by atoms with van der Waals surface area (Å²) in [5.74, 6) is 0. The van der Waals surface area contributed by atoms with Gasteiger partial charge in [0.15, 0.2) is 0 Å². The minimum absolute atomic E-state index is 0.192. The molecule has 0 fully saturated rings. The van der Waals surface area contributed by atoms with Gasteiger partial charge < -0.3 is 0 Å². The molecule has 0 saturated heterocycles. The van der Waals surface area contributed by atoms with Crippen molar-refractivity contribution in [1.82, 2.24) is 0 Å². The van der Waals surface area contributed by atoms with Gasteiger partial charge in [-0.15, -0.1) is 0 Å². The van der Waals surface area contributed by atoms with Gasteiger partial charge in [0.1, 0.15) is 0 Å². The normalized spacial score (nSPS) is 11.9. The Balaban J connectivity index is 3.03. The molecule has 134 valence electrons. The summed E-state index contributed by atoms with van der Waals surface area (Å²) < 4.78 is 32.4. The van der Waals surface area contributed by atoms with Crippen molar-refractivity contribution in [3.05, 3.63) is 0 Å². The maximum atomic E-state index is 10.2. The summed E-state index contributed by atoms with van der Waals surface area (Å²) in [6, 6.07) is 0. The van der Waals surface area contributed by atoms with Gasteiger partial charge >= 0.3 is 10.4 Å². The molecule has 0 aromatic carbocycles. The van der Waals surface area contributed by atoms with E-state index in [2.05, 4.69) is 16.1 Å². The van der Waals surface area contributed by atoms with Gasteiger partial charge in [0.25, 0.3) is 0 Å². The molecule has 0 rings (SSSR count). The van der Waals surface area contributed by atoms with Crippen LogP contribution in [0.1, 0.15) is 96.8 Å². The minimum atomic E-state index is -4.47. The van der Waals surface area contributed by atoms with Crippen LogP contribution < -0.4 is 0 Å². The van der Waals surface area contributed by atoms with Crippen LogP contribution in [0.3, 0.4) is 0 Å². The molecule has 0 bridgehead atoms. The molecule has 6 heteroatoms. The van der Waals surface area contributed by atoms with Gasteiger partial charge in [0, 0.05) is 0 Å². The Morgan fingerprint density at radius 3 is 1.41 bits per heavy atom. The Morgan fingerprint density at radius 1 is 0.682 bits per heavy atom. The first-order chi connectivity index (χ1) is 10.6. The monoisotopic (exact) mass is 338 g/mol. The van der Waals surface area contributed by atoms with Crippen LogP contribution in [0.25, 0.3) is 0 Å². The SMILES string of the molecule is CCCCCCCCCCCCCCCCOOS(=O)(=O)O. The first kappa shape index (κ1) is 21.8. The molecule has 0 aliphatic rings. The lowest BCUT2D eigenvalue weighted by Crippen LogP contribution is -2.05. The van der Waals surface area contributed by atoms with Crippen LogP contribution in [0.4, 0.5) is 0 Å². The summed E-state index contributed by atoms with van der Waals surface area (Å²) in [6.45, 7) is 2.44. The lowest BCUT2D eigenvalue weighted by molar-refractivity contribution is -0.208. The highest BCUT2D eigenvalue weighted by molar-refractivity contribution is 7.80. The molecule has 0 amide bonds.